The predicted molar refractivity (Wildman–Crippen MR) is 44.5 cm³/mol. The first-order valence-corrected chi connectivity index (χ1v) is 3.91. The van der Waals surface area contributed by atoms with E-state index in [4.69, 9.17) is 0 Å². The number of carbonyl (C=O) groups is 2. The Hall–Kier alpha value is -0.900. The summed E-state index contributed by atoms with van der Waals surface area (Å²) in [7, 11) is 1.63. The van der Waals surface area contributed by atoms with Crippen LogP contribution in [0.5, 0.6) is 0 Å². The van der Waals surface area contributed by atoms with Gasteiger partial charge in [0.25, 0.3) is 0 Å². The molecular weight excluding hydrogens is 158 g/mol. The number of nitrogens with one attached hydrogen (secondary N) is 1. The van der Waals surface area contributed by atoms with Gasteiger partial charge in [0.15, 0.2) is 0 Å². The van der Waals surface area contributed by atoms with Crippen LogP contribution in [-0.4, -0.2) is 25.0 Å². The first-order valence-electron chi connectivity index (χ1n) is 3.91. The molecule has 0 saturated carbocycles. The Balaban J connectivity index is 3.93. The van der Waals surface area contributed by atoms with Crippen LogP contribution in [0.3, 0.4) is 0 Å². The number of hydrogen-bond donors (Lipinski definition) is 1. The highest BCUT2D eigenvalue weighted by Crippen LogP contribution is 1.97. The fraction of sp³-hybridized carbons (Fsp3) is 0.750. The van der Waals surface area contributed by atoms with Crippen LogP contribution >= 0.6 is 0 Å². The van der Waals surface area contributed by atoms with Gasteiger partial charge in [0, 0.05) is 0 Å². The molecule has 0 aromatic heterocycles. The molecule has 0 aliphatic heterocycles. The number of ether oxygens (including phenoxy) is 1. The van der Waals surface area contributed by atoms with Gasteiger partial charge in [-0.05, 0) is 14.0 Å². The van der Waals surface area contributed by atoms with Crippen LogP contribution in [0, 0.1) is 5.92 Å². The summed E-state index contributed by atoms with van der Waals surface area (Å²) in [4.78, 5) is 21.9. The quantitative estimate of drug-likeness (QED) is 0.493. The molecule has 0 spiro atoms. The molecule has 1 unspecified atom stereocenters. The molecule has 0 aromatic rings. The standard InChI is InChI=1S/C8H15NO3/c1-5(2)7(10)12-8(11)6(3)9-4/h5-6,9H,1-4H3. The van der Waals surface area contributed by atoms with Crippen LogP contribution in [0.15, 0.2) is 0 Å². The minimum Gasteiger partial charge on any atom is -0.392 e. The lowest BCUT2D eigenvalue weighted by molar-refractivity contribution is -0.163. The number of likely N-dealkylation sites (N-methyl/N-ethyl adjacent to an activating group) is 1. The monoisotopic (exact) mass is 173 g/mol. The number of carbonyl (C=O) groups excluding carboxylic acids is 2. The van der Waals surface area contributed by atoms with Crippen molar-refractivity contribution >= 4 is 11.9 Å². The van der Waals surface area contributed by atoms with E-state index < -0.39 is 18.0 Å². The zero-order valence-corrected chi connectivity index (χ0v) is 7.88. The van der Waals surface area contributed by atoms with E-state index >= 15 is 0 Å². The molecule has 0 aliphatic rings. The van der Waals surface area contributed by atoms with Gasteiger partial charge in [0.1, 0.15) is 6.04 Å². The van der Waals surface area contributed by atoms with Crippen molar-refractivity contribution in [2.45, 2.75) is 26.8 Å². The zero-order valence-electron chi connectivity index (χ0n) is 7.88. The van der Waals surface area contributed by atoms with Crippen LogP contribution in [0.1, 0.15) is 20.8 Å². The predicted octanol–water partition coefficient (Wildman–Crippen LogP) is 0.320. The normalized spacial score (nSPS) is 12.8. The van der Waals surface area contributed by atoms with Gasteiger partial charge >= 0.3 is 11.9 Å². The molecule has 70 valence electrons. The van der Waals surface area contributed by atoms with E-state index in [1.807, 2.05) is 0 Å². The Morgan fingerprint density at radius 3 is 2.00 bits per heavy atom. The van der Waals surface area contributed by atoms with Crippen LogP contribution < -0.4 is 5.32 Å². The average molecular weight is 173 g/mol. The minimum absolute atomic E-state index is 0.266. The summed E-state index contributed by atoms with van der Waals surface area (Å²) in [6.45, 7) is 5.00. The molecule has 0 rings (SSSR count). The van der Waals surface area contributed by atoms with Gasteiger partial charge in [0.05, 0.1) is 5.92 Å². The first kappa shape index (κ1) is 11.1. The lowest BCUT2D eigenvalue weighted by Gasteiger charge is -2.09. The van der Waals surface area contributed by atoms with Crippen LogP contribution in [-0.2, 0) is 14.3 Å². The van der Waals surface area contributed by atoms with Crippen molar-refractivity contribution in [3.05, 3.63) is 0 Å². The van der Waals surface area contributed by atoms with Crippen molar-refractivity contribution in [3.8, 4) is 0 Å². The van der Waals surface area contributed by atoms with E-state index in [0.29, 0.717) is 0 Å². The third-order valence-corrected chi connectivity index (χ3v) is 1.46. The van der Waals surface area contributed by atoms with Gasteiger partial charge < -0.3 is 10.1 Å². The Labute approximate surface area is 72.3 Å². The summed E-state index contributed by atoms with van der Waals surface area (Å²) in [6, 6.07) is -0.437. The average Bonchev–Trinajstić information content (AvgIpc) is 2.02. The summed E-state index contributed by atoms with van der Waals surface area (Å²) in [6.07, 6.45) is 0. The van der Waals surface area contributed by atoms with E-state index in [1.54, 1.807) is 27.8 Å². The fourth-order valence-electron chi connectivity index (χ4n) is 0.423. The second-order valence-corrected chi connectivity index (χ2v) is 2.91. The van der Waals surface area contributed by atoms with Crippen LogP contribution in [0.2, 0.25) is 0 Å². The molecule has 0 radical (unpaired) electrons. The van der Waals surface area contributed by atoms with Gasteiger partial charge in [-0.15, -0.1) is 0 Å². The van der Waals surface area contributed by atoms with Gasteiger partial charge in [-0.3, -0.25) is 4.79 Å². The summed E-state index contributed by atoms with van der Waals surface area (Å²) >= 11 is 0. The van der Waals surface area contributed by atoms with Gasteiger partial charge in [0.2, 0.25) is 0 Å². The molecule has 0 aliphatic carbocycles. The van der Waals surface area contributed by atoms with Crippen LogP contribution in [0.4, 0.5) is 0 Å². The SMILES string of the molecule is CNC(C)C(=O)OC(=O)C(C)C. The second-order valence-electron chi connectivity index (χ2n) is 2.91. The molecule has 0 saturated heterocycles. The highest BCUT2D eigenvalue weighted by Gasteiger charge is 2.18. The Kier molecular flexibility index (Phi) is 4.51. The lowest BCUT2D eigenvalue weighted by Crippen LogP contribution is -2.34. The summed E-state index contributed by atoms with van der Waals surface area (Å²) < 4.78 is 4.52. The van der Waals surface area contributed by atoms with Crippen molar-refractivity contribution in [3.63, 3.8) is 0 Å². The molecule has 4 heteroatoms. The number of hydrogen-bond acceptors (Lipinski definition) is 4. The van der Waals surface area contributed by atoms with Gasteiger partial charge in [-0.2, -0.15) is 0 Å². The van der Waals surface area contributed by atoms with E-state index in [2.05, 4.69) is 10.1 Å². The maximum atomic E-state index is 11.0. The molecule has 12 heavy (non-hydrogen) atoms. The highest BCUT2D eigenvalue weighted by atomic mass is 16.6. The fourth-order valence-corrected chi connectivity index (χ4v) is 0.423. The van der Waals surface area contributed by atoms with Crippen LogP contribution in [0.25, 0.3) is 0 Å². The van der Waals surface area contributed by atoms with Gasteiger partial charge in [-0.1, -0.05) is 13.8 Å². The maximum absolute atomic E-state index is 11.0. The molecular formula is C8H15NO3. The summed E-state index contributed by atoms with van der Waals surface area (Å²) in [5, 5.41) is 2.68. The Morgan fingerprint density at radius 1 is 1.17 bits per heavy atom. The second kappa shape index (κ2) is 4.87. The molecule has 0 bridgehead atoms. The largest absolute Gasteiger partial charge is 0.392 e. The number of esters is 2. The maximum Gasteiger partial charge on any atom is 0.330 e. The third kappa shape index (κ3) is 3.48. The van der Waals surface area contributed by atoms with E-state index in [1.165, 1.54) is 0 Å². The molecule has 4 nitrogen and oxygen atoms in total. The lowest BCUT2D eigenvalue weighted by atomic mass is 10.2. The minimum atomic E-state index is -0.531. The third-order valence-electron chi connectivity index (χ3n) is 1.46. The van der Waals surface area contributed by atoms with Crippen molar-refractivity contribution in [1.82, 2.24) is 5.32 Å². The molecule has 0 fully saturated rings. The Morgan fingerprint density at radius 2 is 1.67 bits per heavy atom. The molecule has 1 atom stereocenters. The topological polar surface area (TPSA) is 55.4 Å². The molecule has 0 amide bonds. The zero-order chi connectivity index (χ0) is 9.72. The van der Waals surface area contributed by atoms with Crippen molar-refractivity contribution < 1.29 is 14.3 Å². The van der Waals surface area contributed by atoms with Crippen molar-refractivity contribution in [2.24, 2.45) is 5.92 Å². The molecule has 1 N–H and O–H groups in total. The molecule has 0 aromatic carbocycles. The first-order chi connectivity index (χ1) is 5.49. The van der Waals surface area contributed by atoms with Gasteiger partial charge in [-0.25, -0.2) is 4.79 Å². The van der Waals surface area contributed by atoms with Crippen molar-refractivity contribution in [2.75, 3.05) is 7.05 Å². The molecule has 0 heterocycles. The highest BCUT2D eigenvalue weighted by molar-refractivity contribution is 5.88. The van der Waals surface area contributed by atoms with E-state index in [9.17, 15) is 9.59 Å². The summed E-state index contributed by atoms with van der Waals surface area (Å²) in [5.41, 5.74) is 0. The van der Waals surface area contributed by atoms with E-state index in [0.717, 1.165) is 0 Å². The Bertz CT molecular complexity index is 177. The van der Waals surface area contributed by atoms with E-state index in [-0.39, 0.29) is 5.92 Å². The number of rotatable bonds is 3. The smallest absolute Gasteiger partial charge is 0.330 e. The van der Waals surface area contributed by atoms with Crippen molar-refractivity contribution in [1.29, 1.82) is 0 Å². The summed E-state index contributed by atoms with van der Waals surface area (Å²) in [5.74, 6) is -1.28.